The SMILES string of the molecule is CN(C)c1ccc(NC(=O)C2CC2)cc1CN(CC[NH+](C)C)C(=O)c1ccc(F)cc1. The van der Waals surface area contributed by atoms with Crippen molar-refractivity contribution < 1.29 is 18.9 Å². The molecule has 1 aliphatic carbocycles. The zero-order valence-corrected chi connectivity index (χ0v) is 18.7. The average Bonchev–Trinajstić information content (AvgIpc) is 3.56. The van der Waals surface area contributed by atoms with Crippen molar-refractivity contribution in [3.8, 4) is 0 Å². The Morgan fingerprint density at radius 2 is 1.77 bits per heavy atom. The molecule has 2 aromatic carbocycles. The summed E-state index contributed by atoms with van der Waals surface area (Å²) < 4.78 is 13.3. The van der Waals surface area contributed by atoms with E-state index in [1.807, 2.05) is 51.3 Å². The molecule has 166 valence electrons. The number of halogens is 1. The lowest BCUT2D eigenvalue weighted by atomic mass is 10.1. The largest absolute Gasteiger partial charge is 0.377 e. The number of amides is 2. The predicted molar refractivity (Wildman–Crippen MR) is 121 cm³/mol. The Morgan fingerprint density at radius 1 is 1.10 bits per heavy atom. The molecule has 0 unspecified atom stereocenters. The number of quaternary nitrogens is 1. The first kappa shape index (κ1) is 22.7. The van der Waals surface area contributed by atoms with Gasteiger partial charge >= 0.3 is 0 Å². The van der Waals surface area contributed by atoms with Gasteiger partial charge in [-0.05, 0) is 60.9 Å². The van der Waals surface area contributed by atoms with Gasteiger partial charge in [-0.25, -0.2) is 4.39 Å². The Kier molecular flexibility index (Phi) is 7.28. The number of anilines is 2. The summed E-state index contributed by atoms with van der Waals surface area (Å²) in [5.41, 5.74) is 3.13. The lowest BCUT2D eigenvalue weighted by Gasteiger charge is -2.27. The monoisotopic (exact) mass is 427 g/mol. The number of rotatable bonds is 9. The third-order valence-corrected chi connectivity index (χ3v) is 5.40. The highest BCUT2D eigenvalue weighted by molar-refractivity contribution is 5.95. The van der Waals surface area contributed by atoms with Gasteiger partial charge in [-0.1, -0.05) is 0 Å². The van der Waals surface area contributed by atoms with Gasteiger partial charge < -0.3 is 20.0 Å². The van der Waals surface area contributed by atoms with Crippen LogP contribution < -0.4 is 15.1 Å². The smallest absolute Gasteiger partial charge is 0.254 e. The van der Waals surface area contributed by atoms with Crippen molar-refractivity contribution in [3.05, 3.63) is 59.4 Å². The van der Waals surface area contributed by atoms with Crippen LogP contribution in [0.5, 0.6) is 0 Å². The molecular weight excluding hydrogens is 395 g/mol. The molecule has 6 nitrogen and oxygen atoms in total. The predicted octanol–water partition coefficient (Wildman–Crippen LogP) is 2.03. The van der Waals surface area contributed by atoms with Crippen LogP contribution in [-0.4, -0.2) is 58.0 Å². The highest BCUT2D eigenvalue weighted by Crippen LogP contribution is 2.31. The summed E-state index contributed by atoms with van der Waals surface area (Å²) in [6.45, 7) is 1.73. The Hall–Kier alpha value is -2.93. The summed E-state index contributed by atoms with van der Waals surface area (Å²) in [4.78, 5) is 30.4. The molecule has 1 aliphatic rings. The van der Waals surface area contributed by atoms with E-state index in [-0.39, 0.29) is 23.5 Å². The molecule has 0 spiro atoms. The molecule has 0 aliphatic heterocycles. The van der Waals surface area contributed by atoms with Crippen LogP contribution in [0.2, 0.25) is 0 Å². The molecule has 0 atom stereocenters. The number of nitrogens with zero attached hydrogens (tertiary/aromatic N) is 2. The molecule has 1 saturated carbocycles. The average molecular weight is 428 g/mol. The zero-order chi connectivity index (χ0) is 22.5. The van der Waals surface area contributed by atoms with E-state index >= 15 is 0 Å². The van der Waals surface area contributed by atoms with Gasteiger partial charge in [0, 0.05) is 43.5 Å². The van der Waals surface area contributed by atoms with Crippen LogP contribution in [0.15, 0.2) is 42.5 Å². The van der Waals surface area contributed by atoms with Crippen LogP contribution >= 0.6 is 0 Å². The Bertz CT molecular complexity index is 924. The van der Waals surface area contributed by atoms with Gasteiger partial charge in [0.05, 0.1) is 27.2 Å². The highest BCUT2D eigenvalue weighted by Gasteiger charge is 2.29. The van der Waals surface area contributed by atoms with Gasteiger partial charge in [-0.3, -0.25) is 9.59 Å². The number of nitrogens with one attached hydrogen (secondary N) is 2. The standard InChI is InChI=1S/C24H31FN4O2/c1-27(2)13-14-29(24(31)18-7-9-20(25)10-8-18)16-19-15-21(11-12-22(19)28(3)4)26-23(30)17-5-6-17/h7-12,15,17H,5-6,13-14,16H2,1-4H3,(H,26,30)/p+1. The van der Waals surface area contributed by atoms with Crippen LogP contribution in [0.1, 0.15) is 28.8 Å². The number of carbonyl (C=O) groups is 2. The molecular formula is C24H32FN4O2+. The van der Waals surface area contributed by atoms with Crippen molar-refractivity contribution in [2.24, 2.45) is 5.92 Å². The number of carbonyl (C=O) groups excluding carboxylic acids is 2. The molecule has 2 N–H and O–H groups in total. The van der Waals surface area contributed by atoms with Gasteiger partial charge in [0.1, 0.15) is 5.82 Å². The normalized spacial score (nSPS) is 13.2. The maximum atomic E-state index is 13.3. The minimum absolute atomic E-state index is 0.0546. The summed E-state index contributed by atoms with van der Waals surface area (Å²) in [7, 11) is 7.99. The van der Waals surface area contributed by atoms with E-state index in [0.29, 0.717) is 18.7 Å². The molecule has 0 saturated heterocycles. The summed E-state index contributed by atoms with van der Waals surface area (Å²) in [6, 6.07) is 11.5. The first-order valence-corrected chi connectivity index (χ1v) is 10.7. The molecule has 0 heterocycles. The lowest BCUT2D eigenvalue weighted by Crippen LogP contribution is -3.06. The van der Waals surface area contributed by atoms with E-state index in [1.54, 1.807) is 4.90 Å². The van der Waals surface area contributed by atoms with Gasteiger partial charge in [-0.2, -0.15) is 0 Å². The molecule has 7 heteroatoms. The van der Waals surface area contributed by atoms with Crippen LogP contribution in [0.4, 0.5) is 15.8 Å². The number of hydrogen-bond acceptors (Lipinski definition) is 3. The van der Waals surface area contributed by atoms with Crippen molar-refractivity contribution in [2.45, 2.75) is 19.4 Å². The summed E-state index contributed by atoms with van der Waals surface area (Å²) in [5, 5.41) is 2.99. The molecule has 2 aromatic rings. The van der Waals surface area contributed by atoms with Gasteiger partial charge in [0.2, 0.25) is 5.91 Å². The quantitative estimate of drug-likeness (QED) is 0.644. The van der Waals surface area contributed by atoms with Gasteiger partial charge in [0.15, 0.2) is 0 Å². The minimum atomic E-state index is -0.366. The molecule has 2 amide bonds. The topological polar surface area (TPSA) is 57.1 Å². The first-order valence-electron chi connectivity index (χ1n) is 10.7. The van der Waals surface area contributed by atoms with Crippen LogP contribution in [-0.2, 0) is 11.3 Å². The Morgan fingerprint density at radius 3 is 2.35 bits per heavy atom. The number of hydrogen-bond donors (Lipinski definition) is 2. The molecule has 1 fully saturated rings. The maximum absolute atomic E-state index is 13.3. The second-order valence-corrected chi connectivity index (χ2v) is 8.69. The summed E-state index contributed by atoms with van der Waals surface area (Å²) >= 11 is 0. The fraction of sp³-hybridized carbons (Fsp3) is 0.417. The van der Waals surface area contributed by atoms with Crippen molar-refractivity contribution in [2.75, 3.05) is 51.5 Å². The van der Waals surface area contributed by atoms with E-state index in [0.717, 1.165) is 36.3 Å². The van der Waals surface area contributed by atoms with E-state index < -0.39 is 0 Å². The fourth-order valence-electron chi connectivity index (χ4n) is 3.41. The third-order valence-electron chi connectivity index (χ3n) is 5.40. The van der Waals surface area contributed by atoms with E-state index in [4.69, 9.17) is 0 Å². The van der Waals surface area contributed by atoms with Crippen LogP contribution in [0, 0.1) is 11.7 Å². The van der Waals surface area contributed by atoms with Gasteiger partial charge in [-0.15, -0.1) is 0 Å². The maximum Gasteiger partial charge on any atom is 0.254 e. The fourth-order valence-corrected chi connectivity index (χ4v) is 3.41. The van der Waals surface area contributed by atoms with Crippen molar-refractivity contribution in [1.29, 1.82) is 0 Å². The molecule has 0 radical (unpaired) electrons. The lowest BCUT2D eigenvalue weighted by molar-refractivity contribution is -0.857. The van der Waals surface area contributed by atoms with Crippen molar-refractivity contribution in [1.82, 2.24) is 4.90 Å². The molecule has 3 rings (SSSR count). The minimum Gasteiger partial charge on any atom is -0.377 e. The Labute approximate surface area is 183 Å². The second-order valence-electron chi connectivity index (χ2n) is 8.69. The third kappa shape index (κ3) is 6.28. The van der Waals surface area contributed by atoms with Crippen molar-refractivity contribution in [3.63, 3.8) is 0 Å². The van der Waals surface area contributed by atoms with Crippen molar-refractivity contribution >= 4 is 23.2 Å². The van der Waals surface area contributed by atoms with E-state index in [2.05, 4.69) is 5.32 Å². The number of likely N-dealkylation sites (N-methyl/N-ethyl adjacent to an activating group) is 1. The van der Waals surface area contributed by atoms with Crippen LogP contribution in [0.25, 0.3) is 0 Å². The zero-order valence-electron chi connectivity index (χ0n) is 18.7. The van der Waals surface area contributed by atoms with E-state index in [9.17, 15) is 14.0 Å². The van der Waals surface area contributed by atoms with E-state index in [1.165, 1.54) is 29.2 Å². The summed E-state index contributed by atoms with van der Waals surface area (Å²) in [6.07, 6.45) is 1.89. The number of benzene rings is 2. The van der Waals surface area contributed by atoms with Gasteiger partial charge in [0.25, 0.3) is 5.91 Å². The second kappa shape index (κ2) is 9.92. The molecule has 0 aromatic heterocycles. The summed E-state index contributed by atoms with van der Waals surface area (Å²) in [5.74, 6) is -0.330. The first-order chi connectivity index (χ1) is 14.7. The highest BCUT2D eigenvalue weighted by atomic mass is 19.1. The molecule has 0 bridgehead atoms. The Balaban J connectivity index is 1.87. The molecule has 31 heavy (non-hydrogen) atoms. The van der Waals surface area contributed by atoms with Crippen LogP contribution in [0.3, 0.4) is 0 Å².